The summed E-state index contributed by atoms with van der Waals surface area (Å²) in [4.78, 5) is 11.8. The van der Waals surface area contributed by atoms with Crippen molar-refractivity contribution < 1.29 is 18.5 Å². The Balaban J connectivity index is 2.69. The van der Waals surface area contributed by atoms with Gasteiger partial charge in [0.25, 0.3) is 0 Å². The molecule has 0 aliphatic carbocycles. The van der Waals surface area contributed by atoms with Gasteiger partial charge in [-0.1, -0.05) is 6.07 Å². The molecule has 0 bridgehead atoms. The second-order valence-electron chi connectivity index (χ2n) is 3.14. The molecule has 16 heavy (non-hydrogen) atoms. The first kappa shape index (κ1) is 12.9. The average molecular weight is 242 g/mol. The number of ketones is 1. The highest BCUT2D eigenvalue weighted by atomic mass is 32.2. The fourth-order valence-corrected chi connectivity index (χ4v) is 2.20. The van der Waals surface area contributed by atoms with Gasteiger partial charge >= 0.3 is 0 Å². The number of benzene rings is 1. The molecule has 0 aliphatic heterocycles. The number of methoxy groups -OCH3 is 2. The molecule has 1 rings (SSSR count). The van der Waals surface area contributed by atoms with Gasteiger partial charge in [0.05, 0.1) is 23.7 Å². The number of hydrogen-bond donors (Lipinski definition) is 0. The lowest BCUT2D eigenvalue weighted by Crippen LogP contribution is -2.15. The SMILES string of the molecule is COCC(=O)CS(=O)c1cccc(OC)c1. The number of rotatable bonds is 6. The van der Waals surface area contributed by atoms with Gasteiger partial charge in [0, 0.05) is 12.0 Å². The fraction of sp³-hybridized carbons (Fsp3) is 0.364. The first-order valence-electron chi connectivity index (χ1n) is 4.70. The highest BCUT2D eigenvalue weighted by molar-refractivity contribution is 7.85. The van der Waals surface area contributed by atoms with Gasteiger partial charge in [0.1, 0.15) is 12.4 Å². The number of ether oxygens (including phenoxy) is 2. The Hall–Kier alpha value is -1.20. The summed E-state index contributed by atoms with van der Waals surface area (Å²) < 4.78 is 21.5. The van der Waals surface area contributed by atoms with Crippen molar-refractivity contribution in [1.29, 1.82) is 0 Å². The molecule has 1 unspecified atom stereocenters. The van der Waals surface area contributed by atoms with E-state index in [0.29, 0.717) is 10.6 Å². The molecule has 0 saturated carbocycles. The largest absolute Gasteiger partial charge is 0.497 e. The summed E-state index contributed by atoms with van der Waals surface area (Å²) in [5, 5.41) is 0. The first-order valence-corrected chi connectivity index (χ1v) is 6.02. The van der Waals surface area contributed by atoms with Gasteiger partial charge in [0.15, 0.2) is 5.78 Å². The molecule has 5 heteroatoms. The van der Waals surface area contributed by atoms with E-state index in [1.54, 1.807) is 24.3 Å². The highest BCUT2D eigenvalue weighted by Gasteiger charge is 2.10. The zero-order valence-corrected chi connectivity index (χ0v) is 10.1. The van der Waals surface area contributed by atoms with Crippen LogP contribution in [0.25, 0.3) is 0 Å². The summed E-state index contributed by atoms with van der Waals surface area (Å²) in [5.74, 6) is 0.426. The van der Waals surface area contributed by atoms with E-state index < -0.39 is 10.8 Å². The van der Waals surface area contributed by atoms with Crippen LogP contribution in [-0.2, 0) is 20.3 Å². The standard InChI is InChI=1S/C11H14O4S/c1-14-7-9(12)8-16(13)11-5-3-4-10(6-11)15-2/h3-6H,7-8H2,1-2H3. The third-order valence-electron chi connectivity index (χ3n) is 1.90. The van der Waals surface area contributed by atoms with E-state index in [2.05, 4.69) is 4.74 Å². The normalized spacial score (nSPS) is 12.1. The quantitative estimate of drug-likeness (QED) is 0.747. The van der Waals surface area contributed by atoms with Crippen molar-refractivity contribution in [3.05, 3.63) is 24.3 Å². The van der Waals surface area contributed by atoms with E-state index in [1.807, 2.05) is 0 Å². The minimum atomic E-state index is -1.34. The molecule has 1 aromatic rings. The molecular formula is C11H14O4S. The van der Waals surface area contributed by atoms with Gasteiger partial charge in [-0.3, -0.25) is 9.00 Å². The van der Waals surface area contributed by atoms with Crippen LogP contribution in [0, 0.1) is 0 Å². The predicted octanol–water partition coefficient (Wildman–Crippen LogP) is 1.02. The molecule has 0 saturated heterocycles. The number of Topliss-reactive ketones (excluding diaryl/α,β-unsaturated/α-hetero) is 1. The van der Waals surface area contributed by atoms with E-state index in [9.17, 15) is 9.00 Å². The van der Waals surface area contributed by atoms with Gasteiger partial charge in [-0.25, -0.2) is 0 Å². The van der Waals surface area contributed by atoms with Crippen molar-refractivity contribution in [2.75, 3.05) is 26.6 Å². The number of carbonyl (C=O) groups excluding carboxylic acids is 1. The van der Waals surface area contributed by atoms with Crippen LogP contribution >= 0.6 is 0 Å². The third kappa shape index (κ3) is 3.75. The van der Waals surface area contributed by atoms with Crippen molar-refractivity contribution in [3.63, 3.8) is 0 Å². The van der Waals surface area contributed by atoms with E-state index in [4.69, 9.17) is 4.74 Å². The van der Waals surface area contributed by atoms with E-state index in [1.165, 1.54) is 14.2 Å². The molecule has 88 valence electrons. The average Bonchev–Trinajstić information content (AvgIpc) is 2.29. The van der Waals surface area contributed by atoms with Gasteiger partial charge < -0.3 is 9.47 Å². The summed E-state index contributed by atoms with van der Waals surface area (Å²) in [5.41, 5.74) is 0. The molecule has 0 radical (unpaired) electrons. The summed E-state index contributed by atoms with van der Waals surface area (Å²) in [6.07, 6.45) is 0. The summed E-state index contributed by atoms with van der Waals surface area (Å²) >= 11 is 0. The molecule has 1 atom stereocenters. The fourth-order valence-electron chi connectivity index (χ4n) is 1.18. The third-order valence-corrected chi connectivity index (χ3v) is 3.27. The van der Waals surface area contributed by atoms with Crippen LogP contribution in [0.3, 0.4) is 0 Å². The van der Waals surface area contributed by atoms with Gasteiger partial charge in [0.2, 0.25) is 0 Å². The molecule has 0 N–H and O–H groups in total. The maximum Gasteiger partial charge on any atom is 0.171 e. The van der Waals surface area contributed by atoms with Crippen molar-refractivity contribution in [2.45, 2.75) is 4.90 Å². The van der Waals surface area contributed by atoms with E-state index in [0.717, 1.165) is 0 Å². The van der Waals surface area contributed by atoms with Gasteiger partial charge in [-0.2, -0.15) is 0 Å². The van der Waals surface area contributed by atoms with Crippen molar-refractivity contribution in [3.8, 4) is 5.75 Å². The smallest absolute Gasteiger partial charge is 0.171 e. The molecule has 4 nitrogen and oxygen atoms in total. The van der Waals surface area contributed by atoms with Crippen LogP contribution in [0.5, 0.6) is 5.75 Å². The molecule has 1 aromatic carbocycles. The Bertz CT molecular complexity index is 389. The Morgan fingerprint density at radius 2 is 2.12 bits per heavy atom. The van der Waals surface area contributed by atoms with Crippen LogP contribution in [0.4, 0.5) is 0 Å². The lowest BCUT2D eigenvalue weighted by atomic mass is 10.3. The predicted molar refractivity (Wildman–Crippen MR) is 61.2 cm³/mol. The molecule has 0 aromatic heterocycles. The molecular weight excluding hydrogens is 228 g/mol. The summed E-state index contributed by atoms with van der Waals surface area (Å²) in [6.45, 7) is -0.00426. The molecule has 0 amide bonds. The van der Waals surface area contributed by atoms with Crippen molar-refractivity contribution in [2.24, 2.45) is 0 Å². The lowest BCUT2D eigenvalue weighted by molar-refractivity contribution is -0.120. The first-order chi connectivity index (χ1) is 7.67. The Kier molecular flexibility index (Phi) is 5.14. The minimum absolute atomic E-state index is 0.00426. The van der Waals surface area contributed by atoms with Crippen LogP contribution in [0.15, 0.2) is 29.2 Å². The lowest BCUT2D eigenvalue weighted by Gasteiger charge is -2.04. The monoisotopic (exact) mass is 242 g/mol. The van der Waals surface area contributed by atoms with Crippen LogP contribution < -0.4 is 4.74 Å². The Morgan fingerprint density at radius 3 is 2.75 bits per heavy atom. The second kappa shape index (κ2) is 6.40. The molecule has 0 spiro atoms. The highest BCUT2D eigenvalue weighted by Crippen LogP contribution is 2.15. The Labute approximate surface area is 97.0 Å². The zero-order chi connectivity index (χ0) is 12.0. The van der Waals surface area contributed by atoms with E-state index in [-0.39, 0.29) is 18.1 Å². The Morgan fingerprint density at radius 1 is 1.38 bits per heavy atom. The maximum absolute atomic E-state index is 11.8. The second-order valence-corrected chi connectivity index (χ2v) is 4.59. The zero-order valence-electron chi connectivity index (χ0n) is 9.26. The van der Waals surface area contributed by atoms with Crippen LogP contribution in [0.2, 0.25) is 0 Å². The molecule has 0 aliphatic rings. The molecule has 0 heterocycles. The minimum Gasteiger partial charge on any atom is -0.497 e. The molecule has 0 fully saturated rings. The van der Waals surface area contributed by atoms with Crippen molar-refractivity contribution in [1.82, 2.24) is 0 Å². The summed E-state index contributed by atoms with van der Waals surface area (Å²) in [7, 11) is 1.64. The van der Waals surface area contributed by atoms with Gasteiger partial charge in [-0.15, -0.1) is 0 Å². The van der Waals surface area contributed by atoms with E-state index >= 15 is 0 Å². The number of carbonyl (C=O) groups is 1. The number of hydrogen-bond acceptors (Lipinski definition) is 4. The van der Waals surface area contributed by atoms with Crippen LogP contribution in [0.1, 0.15) is 0 Å². The van der Waals surface area contributed by atoms with Crippen molar-refractivity contribution >= 4 is 16.6 Å². The topological polar surface area (TPSA) is 52.6 Å². The van der Waals surface area contributed by atoms with Gasteiger partial charge in [-0.05, 0) is 18.2 Å². The maximum atomic E-state index is 11.8. The summed E-state index contributed by atoms with van der Waals surface area (Å²) in [6, 6.07) is 6.87. The van der Waals surface area contributed by atoms with Crippen LogP contribution in [-0.4, -0.2) is 36.6 Å².